The summed E-state index contributed by atoms with van der Waals surface area (Å²) in [5.74, 6) is 0. The highest BCUT2D eigenvalue weighted by molar-refractivity contribution is 7.87. The van der Waals surface area contributed by atoms with Gasteiger partial charge in [0.2, 0.25) is 0 Å². The SMILES string of the molecule is CC(C)(C)OC(=O)NC(Cc1nccs1)c1ccc(NS(=O)(=O)O)cc1. The van der Waals surface area contributed by atoms with Crippen LogP contribution in [0.15, 0.2) is 35.8 Å². The van der Waals surface area contributed by atoms with Crippen molar-refractivity contribution in [2.24, 2.45) is 0 Å². The van der Waals surface area contributed by atoms with Gasteiger partial charge in [0.25, 0.3) is 0 Å². The third-order valence-electron chi connectivity index (χ3n) is 3.11. The lowest BCUT2D eigenvalue weighted by molar-refractivity contribution is 0.0503. The van der Waals surface area contributed by atoms with Crippen LogP contribution in [-0.4, -0.2) is 29.6 Å². The Morgan fingerprint density at radius 3 is 2.46 bits per heavy atom. The molecule has 0 saturated carbocycles. The van der Waals surface area contributed by atoms with E-state index in [0.717, 1.165) is 10.6 Å². The van der Waals surface area contributed by atoms with E-state index >= 15 is 0 Å². The van der Waals surface area contributed by atoms with Crippen molar-refractivity contribution in [1.29, 1.82) is 0 Å². The van der Waals surface area contributed by atoms with Crippen LogP contribution in [-0.2, 0) is 21.5 Å². The summed E-state index contributed by atoms with van der Waals surface area (Å²) in [6, 6.07) is 5.89. The first-order valence-electron chi connectivity index (χ1n) is 7.75. The molecule has 2 rings (SSSR count). The molecule has 0 aliphatic carbocycles. The van der Waals surface area contributed by atoms with Crippen molar-refractivity contribution in [3.05, 3.63) is 46.4 Å². The highest BCUT2D eigenvalue weighted by Crippen LogP contribution is 2.22. The third-order valence-corrected chi connectivity index (χ3v) is 4.41. The molecule has 0 aliphatic heterocycles. The molecular formula is C16H21N3O5S2. The Bertz CT molecular complexity index is 828. The van der Waals surface area contributed by atoms with Crippen LogP contribution in [0.4, 0.5) is 10.5 Å². The first-order chi connectivity index (χ1) is 12.0. The van der Waals surface area contributed by atoms with Crippen molar-refractivity contribution < 1.29 is 22.5 Å². The number of amides is 1. The molecule has 1 aromatic heterocycles. The van der Waals surface area contributed by atoms with E-state index in [1.165, 1.54) is 23.5 Å². The molecule has 1 amide bonds. The molecule has 0 bridgehead atoms. The second-order valence-corrected chi connectivity index (χ2v) is 8.66. The number of alkyl carbamates (subject to hydrolysis) is 1. The standard InChI is InChI=1S/C16H21N3O5S2/c1-16(2,3)24-15(20)18-13(10-14-17-8-9-25-14)11-4-6-12(7-5-11)19-26(21,22)23/h4-9,13,19H,10H2,1-3H3,(H,18,20)(H,21,22,23). The molecule has 0 aliphatic rings. The second-order valence-electron chi connectivity index (χ2n) is 6.53. The summed E-state index contributed by atoms with van der Waals surface area (Å²) < 4.78 is 37.9. The van der Waals surface area contributed by atoms with Crippen molar-refractivity contribution in [2.75, 3.05) is 4.72 Å². The maximum Gasteiger partial charge on any atom is 0.408 e. The lowest BCUT2D eigenvalue weighted by atomic mass is 10.0. The first-order valence-corrected chi connectivity index (χ1v) is 10.1. The minimum Gasteiger partial charge on any atom is -0.444 e. The fourth-order valence-electron chi connectivity index (χ4n) is 2.16. The molecule has 0 radical (unpaired) electrons. The van der Waals surface area contributed by atoms with Crippen LogP contribution < -0.4 is 10.0 Å². The van der Waals surface area contributed by atoms with Crippen LogP contribution in [0.1, 0.15) is 37.4 Å². The van der Waals surface area contributed by atoms with Gasteiger partial charge in [-0.05, 0) is 38.5 Å². The molecule has 1 aromatic carbocycles. The molecule has 2 aromatic rings. The van der Waals surface area contributed by atoms with Gasteiger partial charge in [0, 0.05) is 18.0 Å². The van der Waals surface area contributed by atoms with E-state index in [-0.39, 0.29) is 5.69 Å². The third kappa shape index (κ3) is 6.98. The predicted molar refractivity (Wildman–Crippen MR) is 99.5 cm³/mol. The fourth-order valence-corrected chi connectivity index (χ4v) is 3.26. The van der Waals surface area contributed by atoms with E-state index in [9.17, 15) is 13.2 Å². The van der Waals surface area contributed by atoms with Crippen LogP contribution in [0.25, 0.3) is 0 Å². The van der Waals surface area contributed by atoms with Crippen molar-refractivity contribution in [1.82, 2.24) is 10.3 Å². The molecule has 1 heterocycles. The van der Waals surface area contributed by atoms with Gasteiger partial charge in [0.1, 0.15) is 5.60 Å². The molecule has 10 heteroatoms. The summed E-state index contributed by atoms with van der Waals surface area (Å²) in [5, 5.41) is 5.50. The van der Waals surface area contributed by atoms with E-state index in [2.05, 4.69) is 10.3 Å². The lowest BCUT2D eigenvalue weighted by Gasteiger charge is -2.23. The quantitative estimate of drug-likeness (QED) is 0.642. The maximum absolute atomic E-state index is 12.2. The molecular weight excluding hydrogens is 378 g/mol. The highest BCUT2D eigenvalue weighted by atomic mass is 32.2. The molecule has 0 fully saturated rings. The molecule has 26 heavy (non-hydrogen) atoms. The van der Waals surface area contributed by atoms with Gasteiger partial charge in [-0.3, -0.25) is 9.27 Å². The number of carbonyl (C=O) groups excluding carboxylic acids is 1. The molecule has 142 valence electrons. The predicted octanol–water partition coefficient (Wildman–Crippen LogP) is 3.17. The molecule has 3 N–H and O–H groups in total. The zero-order valence-corrected chi connectivity index (χ0v) is 16.2. The van der Waals surface area contributed by atoms with E-state index in [1.807, 2.05) is 10.1 Å². The Kier molecular flexibility index (Phi) is 6.21. The molecule has 0 saturated heterocycles. The number of carbonyl (C=O) groups is 1. The number of hydrogen-bond donors (Lipinski definition) is 3. The summed E-state index contributed by atoms with van der Waals surface area (Å²) in [5.41, 5.74) is 0.326. The first kappa shape index (κ1) is 20.1. The molecule has 8 nitrogen and oxygen atoms in total. The van der Waals surface area contributed by atoms with Crippen molar-refractivity contribution in [3.63, 3.8) is 0 Å². The average Bonchev–Trinajstić information content (AvgIpc) is 2.96. The van der Waals surface area contributed by atoms with Gasteiger partial charge in [0.15, 0.2) is 0 Å². The van der Waals surface area contributed by atoms with Gasteiger partial charge < -0.3 is 10.1 Å². The summed E-state index contributed by atoms with van der Waals surface area (Å²) >= 11 is 1.47. The monoisotopic (exact) mass is 399 g/mol. The Labute approximate surface area is 156 Å². The Morgan fingerprint density at radius 1 is 1.31 bits per heavy atom. The van der Waals surface area contributed by atoms with Gasteiger partial charge >= 0.3 is 16.4 Å². The zero-order chi connectivity index (χ0) is 19.4. The van der Waals surface area contributed by atoms with E-state index < -0.39 is 28.0 Å². The van der Waals surface area contributed by atoms with Crippen LogP contribution in [0.2, 0.25) is 0 Å². The minimum absolute atomic E-state index is 0.210. The molecule has 1 unspecified atom stereocenters. The molecule has 1 atom stereocenters. The van der Waals surface area contributed by atoms with Gasteiger partial charge in [0.05, 0.1) is 16.7 Å². The minimum atomic E-state index is -4.34. The van der Waals surface area contributed by atoms with Gasteiger partial charge in [-0.2, -0.15) is 8.42 Å². The average molecular weight is 399 g/mol. The topological polar surface area (TPSA) is 118 Å². The second kappa shape index (κ2) is 8.02. The van der Waals surface area contributed by atoms with Crippen LogP contribution >= 0.6 is 11.3 Å². The number of ether oxygens (including phenoxy) is 1. The van der Waals surface area contributed by atoms with Gasteiger partial charge in [-0.25, -0.2) is 9.78 Å². The summed E-state index contributed by atoms with van der Waals surface area (Å²) in [6.45, 7) is 5.33. The summed E-state index contributed by atoms with van der Waals surface area (Å²) in [4.78, 5) is 16.4. The van der Waals surface area contributed by atoms with E-state index in [0.29, 0.717) is 6.42 Å². The maximum atomic E-state index is 12.2. The fraction of sp³-hybridized carbons (Fsp3) is 0.375. The van der Waals surface area contributed by atoms with E-state index in [1.54, 1.807) is 39.1 Å². The number of nitrogens with zero attached hydrogens (tertiary/aromatic N) is 1. The van der Waals surface area contributed by atoms with Crippen LogP contribution in [0.3, 0.4) is 0 Å². The van der Waals surface area contributed by atoms with Crippen molar-refractivity contribution in [3.8, 4) is 0 Å². The van der Waals surface area contributed by atoms with Crippen LogP contribution in [0.5, 0.6) is 0 Å². The van der Waals surface area contributed by atoms with E-state index in [4.69, 9.17) is 9.29 Å². The smallest absolute Gasteiger partial charge is 0.408 e. The number of nitrogens with one attached hydrogen (secondary N) is 2. The van der Waals surface area contributed by atoms with Gasteiger partial charge in [-0.1, -0.05) is 12.1 Å². The lowest BCUT2D eigenvalue weighted by Crippen LogP contribution is -2.35. The molecule has 0 spiro atoms. The normalized spacial score (nSPS) is 13.1. The highest BCUT2D eigenvalue weighted by Gasteiger charge is 2.21. The number of anilines is 1. The van der Waals surface area contributed by atoms with Crippen molar-refractivity contribution in [2.45, 2.75) is 38.8 Å². The Morgan fingerprint density at radius 2 is 1.96 bits per heavy atom. The van der Waals surface area contributed by atoms with Crippen molar-refractivity contribution >= 4 is 33.4 Å². The number of benzene rings is 1. The number of hydrogen-bond acceptors (Lipinski definition) is 6. The summed E-state index contributed by atoms with van der Waals surface area (Å²) in [6.07, 6.45) is 1.59. The largest absolute Gasteiger partial charge is 0.444 e. The van der Waals surface area contributed by atoms with Gasteiger partial charge in [-0.15, -0.1) is 11.3 Å². The number of rotatable bonds is 6. The Hall–Kier alpha value is -2.17. The van der Waals surface area contributed by atoms with Crippen LogP contribution in [0, 0.1) is 0 Å². The zero-order valence-electron chi connectivity index (χ0n) is 14.6. The number of thiazole rings is 1. The summed E-state index contributed by atoms with van der Waals surface area (Å²) in [7, 11) is -4.34. The Balaban J connectivity index is 2.18. The number of aromatic nitrogens is 1.